The van der Waals surface area contributed by atoms with E-state index in [-0.39, 0.29) is 11.8 Å². The zero-order valence-electron chi connectivity index (χ0n) is 15.9. The van der Waals surface area contributed by atoms with Crippen molar-refractivity contribution in [1.29, 1.82) is 0 Å². The van der Waals surface area contributed by atoms with Crippen molar-refractivity contribution in [3.8, 4) is 10.4 Å². The summed E-state index contributed by atoms with van der Waals surface area (Å²) < 4.78 is 5.02. The molecule has 1 aliphatic rings. The van der Waals surface area contributed by atoms with Crippen LogP contribution in [-0.4, -0.2) is 50.6 Å². The highest BCUT2D eigenvalue weighted by atomic mass is 32.1. The maximum Gasteiger partial charge on any atom is 0.228 e. The van der Waals surface area contributed by atoms with Gasteiger partial charge < -0.3 is 15.0 Å². The van der Waals surface area contributed by atoms with Crippen LogP contribution in [0.1, 0.15) is 18.4 Å². The third kappa shape index (κ3) is 4.22. The first-order valence-corrected chi connectivity index (χ1v) is 10.1. The minimum Gasteiger partial charge on any atom is -0.384 e. The first kappa shape index (κ1) is 19.6. The highest BCUT2D eigenvalue weighted by Gasteiger charge is 2.45. The summed E-state index contributed by atoms with van der Waals surface area (Å²) in [6.45, 7) is 1.47. The summed E-state index contributed by atoms with van der Waals surface area (Å²) in [4.78, 5) is 28.3. The van der Waals surface area contributed by atoms with E-state index in [0.717, 1.165) is 5.56 Å². The summed E-state index contributed by atoms with van der Waals surface area (Å²) in [5.41, 5.74) is 1.72. The van der Waals surface area contributed by atoms with E-state index in [0.29, 0.717) is 39.0 Å². The van der Waals surface area contributed by atoms with Crippen molar-refractivity contribution in [3.05, 3.63) is 47.3 Å². The number of rotatable bonds is 7. The van der Waals surface area contributed by atoms with Crippen LogP contribution in [0.4, 0.5) is 0 Å². The van der Waals surface area contributed by atoms with Crippen LogP contribution in [0.25, 0.3) is 10.4 Å². The van der Waals surface area contributed by atoms with Crippen molar-refractivity contribution in [3.63, 3.8) is 0 Å². The molecule has 27 heavy (non-hydrogen) atoms. The van der Waals surface area contributed by atoms with Gasteiger partial charge in [-0.05, 0) is 35.4 Å². The number of nitrogens with one attached hydrogen (secondary N) is 1. The molecule has 144 valence electrons. The molecular formula is C21H26N2O3S. The number of carbonyl (C=O) groups is 2. The van der Waals surface area contributed by atoms with Crippen LogP contribution < -0.4 is 5.32 Å². The smallest absolute Gasteiger partial charge is 0.228 e. The zero-order valence-corrected chi connectivity index (χ0v) is 16.7. The molecule has 0 bridgehead atoms. The number of thiophene rings is 1. The second-order valence-corrected chi connectivity index (χ2v) is 7.93. The molecular weight excluding hydrogens is 360 g/mol. The predicted octanol–water partition coefficient (Wildman–Crippen LogP) is 2.96. The molecule has 1 unspecified atom stereocenters. The summed E-state index contributed by atoms with van der Waals surface area (Å²) in [5.74, 6) is 0.0553. The Morgan fingerprint density at radius 2 is 2.07 bits per heavy atom. The topological polar surface area (TPSA) is 58.6 Å². The number of ether oxygens (including phenoxy) is 1. The van der Waals surface area contributed by atoms with Crippen molar-refractivity contribution in [2.75, 3.05) is 33.9 Å². The predicted molar refractivity (Wildman–Crippen MR) is 108 cm³/mol. The van der Waals surface area contributed by atoms with Crippen LogP contribution in [0.15, 0.2) is 41.8 Å². The Hall–Kier alpha value is -2.18. The van der Waals surface area contributed by atoms with E-state index < -0.39 is 5.41 Å². The van der Waals surface area contributed by atoms with Crippen molar-refractivity contribution >= 4 is 23.2 Å². The van der Waals surface area contributed by atoms with Gasteiger partial charge in [0.25, 0.3) is 0 Å². The van der Waals surface area contributed by atoms with E-state index in [4.69, 9.17) is 4.74 Å². The van der Waals surface area contributed by atoms with Crippen molar-refractivity contribution in [2.24, 2.45) is 5.41 Å². The zero-order chi connectivity index (χ0) is 19.3. The van der Waals surface area contributed by atoms with Gasteiger partial charge in [-0.15, -0.1) is 11.3 Å². The number of hydrogen-bond donors (Lipinski definition) is 1. The largest absolute Gasteiger partial charge is 0.384 e. The van der Waals surface area contributed by atoms with Crippen molar-refractivity contribution in [1.82, 2.24) is 10.2 Å². The Labute approximate surface area is 164 Å². The molecule has 0 saturated carbocycles. The van der Waals surface area contributed by atoms with Gasteiger partial charge >= 0.3 is 0 Å². The Morgan fingerprint density at radius 1 is 1.26 bits per heavy atom. The minimum atomic E-state index is -0.592. The molecule has 3 rings (SSSR count). The summed E-state index contributed by atoms with van der Waals surface area (Å²) >= 11 is 1.70. The number of carbonyl (C=O) groups excluding carboxylic acids is 2. The lowest BCUT2D eigenvalue weighted by molar-refractivity contribution is -0.133. The van der Waals surface area contributed by atoms with Gasteiger partial charge in [-0.25, -0.2) is 0 Å². The van der Waals surface area contributed by atoms with Crippen molar-refractivity contribution in [2.45, 2.75) is 19.3 Å². The molecule has 2 aromatic rings. The quantitative estimate of drug-likeness (QED) is 0.796. The Bertz CT molecular complexity index is 790. The van der Waals surface area contributed by atoms with Gasteiger partial charge in [-0.3, -0.25) is 9.59 Å². The summed E-state index contributed by atoms with van der Waals surface area (Å²) in [6.07, 6.45) is 1.64. The average molecular weight is 387 g/mol. The molecule has 1 aromatic carbocycles. The van der Waals surface area contributed by atoms with Crippen LogP contribution >= 0.6 is 11.3 Å². The number of likely N-dealkylation sites (tertiary alicyclic amines) is 1. The summed E-state index contributed by atoms with van der Waals surface area (Å²) in [6, 6.07) is 12.4. The summed E-state index contributed by atoms with van der Waals surface area (Å²) in [5, 5.41) is 4.89. The van der Waals surface area contributed by atoms with Gasteiger partial charge in [-0.2, -0.15) is 0 Å². The van der Waals surface area contributed by atoms with E-state index in [1.165, 1.54) is 10.4 Å². The van der Waals surface area contributed by atoms with Gasteiger partial charge in [0.15, 0.2) is 0 Å². The monoisotopic (exact) mass is 386 g/mol. The molecule has 1 atom stereocenters. The van der Waals surface area contributed by atoms with E-state index in [1.807, 2.05) is 23.1 Å². The third-order valence-corrected chi connectivity index (χ3v) is 6.17. The molecule has 0 aliphatic carbocycles. The first-order valence-electron chi connectivity index (χ1n) is 9.20. The lowest BCUT2D eigenvalue weighted by Crippen LogP contribution is -2.44. The Balaban J connectivity index is 1.86. The van der Waals surface area contributed by atoms with Gasteiger partial charge in [0.2, 0.25) is 11.8 Å². The highest BCUT2D eigenvalue weighted by molar-refractivity contribution is 7.13. The van der Waals surface area contributed by atoms with E-state index in [2.05, 4.69) is 28.9 Å². The van der Waals surface area contributed by atoms with E-state index >= 15 is 0 Å². The van der Waals surface area contributed by atoms with E-state index in [1.54, 1.807) is 25.5 Å². The molecule has 5 nitrogen and oxygen atoms in total. The second-order valence-electron chi connectivity index (χ2n) is 6.98. The maximum absolute atomic E-state index is 12.8. The fourth-order valence-corrected chi connectivity index (χ4v) is 4.61. The number of methoxy groups -OCH3 is 1. The maximum atomic E-state index is 12.8. The lowest BCUT2D eigenvalue weighted by Gasteiger charge is -2.28. The van der Waals surface area contributed by atoms with Crippen LogP contribution in [0.2, 0.25) is 0 Å². The van der Waals surface area contributed by atoms with Crippen LogP contribution in [0, 0.1) is 5.41 Å². The average Bonchev–Trinajstić information content (AvgIpc) is 3.37. The Morgan fingerprint density at radius 3 is 2.78 bits per heavy atom. The van der Waals surface area contributed by atoms with Crippen LogP contribution in [-0.2, 0) is 20.7 Å². The fraction of sp³-hybridized carbons (Fsp3) is 0.429. The van der Waals surface area contributed by atoms with Gasteiger partial charge in [0.05, 0.1) is 18.4 Å². The van der Waals surface area contributed by atoms with E-state index in [9.17, 15) is 9.59 Å². The molecule has 1 fully saturated rings. The number of nitrogens with zero attached hydrogens (tertiary/aromatic N) is 1. The molecule has 2 heterocycles. The highest BCUT2D eigenvalue weighted by Crippen LogP contribution is 2.38. The van der Waals surface area contributed by atoms with Gasteiger partial charge in [0, 0.05) is 32.1 Å². The first-order chi connectivity index (χ1) is 13.1. The Kier molecular flexibility index (Phi) is 6.29. The molecule has 6 heteroatoms. The SMILES string of the molecule is CNC(=O)C1(Cc2ccccc2-c2cccs2)CCN(C(=O)CCOC)C1. The third-order valence-electron chi connectivity index (χ3n) is 5.27. The van der Waals surface area contributed by atoms with Crippen LogP contribution in [0.5, 0.6) is 0 Å². The number of hydrogen-bond acceptors (Lipinski definition) is 4. The number of benzene rings is 1. The molecule has 1 saturated heterocycles. The van der Waals surface area contributed by atoms with Crippen molar-refractivity contribution < 1.29 is 14.3 Å². The van der Waals surface area contributed by atoms with Gasteiger partial charge in [0.1, 0.15) is 0 Å². The molecule has 0 spiro atoms. The fourth-order valence-electron chi connectivity index (χ4n) is 3.82. The minimum absolute atomic E-state index is 0.00511. The lowest BCUT2D eigenvalue weighted by atomic mass is 9.78. The second kappa shape index (κ2) is 8.67. The number of amides is 2. The summed E-state index contributed by atoms with van der Waals surface area (Å²) in [7, 11) is 3.26. The molecule has 2 amide bonds. The molecule has 1 aromatic heterocycles. The molecule has 1 aliphatic heterocycles. The molecule has 0 radical (unpaired) electrons. The molecule has 1 N–H and O–H groups in total. The van der Waals surface area contributed by atoms with Crippen LogP contribution in [0.3, 0.4) is 0 Å². The normalized spacial score (nSPS) is 19.3. The van der Waals surface area contributed by atoms with Gasteiger partial charge in [-0.1, -0.05) is 30.3 Å². The standard InChI is InChI=1S/C21H26N2O3S/c1-22-20(25)21(10-11-23(15-21)19(24)9-12-26-2)14-16-6-3-4-7-17(16)18-8-5-13-27-18/h3-8,13H,9-12,14-15H2,1-2H3,(H,22,25).